The van der Waals surface area contributed by atoms with Crippen LogP contribution in [0.4, 0.5) is 0 Å². The van der Waals surface area contributed by atoms with Gasteiger partial charge < -0.3 is 5.73 Å². The maximum atomic E-state index is 11.5. The molecule has 2 rings (SSSR count). The summed E-state index contributed by atoms with van der Waals surface area (Å²) in [6.07, 6.45) is 3.11. The number of hydrogen-bond donors (Lipinski definition) is 1. The molecule has 0 aliphatic carbocycles. The van der Waals surface area contributed by atoms with Crippen molar-refractivity contribution in [1.82, 2.24) is 4.98 Å². The van der Waals surface area contributed by atoms with E-state index in [1.54, 1.807) is 17.5 Å². The quantitative estimate of drug-likeness (QED) is 0.840. The highest BCUT2D eigenvalue weighted by Crippen LogP contribution is 2.35. The molecule has 2 N–H and O–H groups in total. The third-order valence-corrected chi connectivity index (χ3v) is 5.57. The highest BCUT2D eigenvalue weighted by Gasteiger charge is 2.41. The summed E-state index contributed by atoms with van der Waals surface area (Å²) in [4.78, 5) is 4.19. The Labute approximate surface area is 93.4 Å². The first-order chi connectivity index (χ1) is 7.05. The maximum absolute atomic E-state index is 11.5. The summed E-state index contributed by atoms with van der Waals surface area (Å²) in [5, 5.41) is 2.89. The third kappa shape index (κ3) is 2.38. The average molecular weight is 246 g/mol. The summed E-state index contributed by atoms with van der Waals surface area (Å²) in [6, 6.07) is 0. The van der Waals surface area contributed by atoms with E-state index in [4.69, 9.17) is 5.73 Å². The number of aromatic nitrogens is 1. The number of sulfone groups is 1. The van der Waals surface area contributed by atoms with Crippen molar-refractivity contribution in [2.24, 2.45) is 11.1 Å². The van der Waals surface area contributed by atoms with Crippen LogP contribution in [0.15, 0.2) is 11.6 Å². The van der Waals surface area contributed by atoms with Gasteiger partial charge in [0.05, 0.1) is 16.5 Å². The molecule has 1 atom stereocenters. The number of thiazole rings is 1. The Bertz CT molecular complexity index is 427. The van der Waals surface area contributed by atoms with E-state index in [1.165, 1.54) is 0 Å². The van der Waals surface area contributed by atoms with Gasteiger partial charge in [-0.05, 0) is 13.0 Å². The first-order valence-electron chi connectivity index (χ1n) is 4.84. The van der Waals surface area contributed by atoms with E-state index in [0.29, 0.717) is 19.4 Å². The Kier molecular flexibility index (Phi) is 2.83. The minimum atomic E-state index is -2.87. The zero-order chi connectivity index (χ0) is 10.9. The zero-order valence-corrected chi connectivity index (χ0v) is 9.98. The molecule has 1 unspecified atom stereocenters. The Morgan fingerprint density at radius 3 is 2.87 bits per heavy atom. The molecule has 1 saturated heterocycles. The average Bonchev–Trinajstić information content (AvgIpc) is 2.75. The number of nitrogens with zero attached hydrogens (tertiary/aromatic N) is 1. The van der Waals surface area contributed by atoms with Gasteiger partial charge in [-0.15, -0.1) is 11.3 Å². The van der Waals surface area contributed by atoms with Crippen LogP contribution in [-0.4, -0.2) is 31.5 Å². The Morgan fingerprint density at radius 1 is 1.60 bits per heavy atom. The predicted molar refractivity (Wildman–Crippen MR) is 60.6 cm³/mol. The summed E-state index contributed by atoms with van der Waals surface area (Å²) in [7, 11) is -2.87. The number of hydrogen-bond acceptors (Lipinski definition) is 5. The van der Waals surface area contributed by atoms with Crippen LogP contribution in [0, 0.1) is 5.41 Å². The summed E-state index contributed by atoms with van der Waals surface area (Å²) in [5.74, 6) is 0.492. The lowest BCUT2D eigenvalue weighted by Gasteiger charge is -2.24. The standard InChI is InChI=1S/C9H14N2O2S2/c10-6-9(1-4-15(12,13)7-9)5-8-11-2-3-14-8/h2-3H,1,4-7,10H2. The molecule has 1 aliphatic rings. The second-order valence-corrected chi connectivity index (χ2v) is 7.31. The van der Waals surface area contributed by atoms with Crippen molar-refractivity contribution in [3.05, 3.63) is 16.6 Å². The highest BCUT2D eigenvalue weighted by atomic mass is 32.2. The summed E-state index contributed by atoms with van der Waals surface area (Å²) < 4.78 is 22.9. The largest absolute Gasteiger partial charge is 0.330 e. The Balaban J connectivity index is 2.17. The van der Waals surface area contributed by atoms with E-state index in [0.717, 1.165) is 5.01 Å². The van der Waals surface area contributed by atoms with Crippen molar-refractivity contribution in [3.8, 4) is 0 Å². The van der Waals surface area contributed by atoms with Crippen LogP contribution < -0.4 is 5.73 Å². The van der Waals surface area contributed by atoms with Crippen molar-refractivity contribution >= 4 is 21.2 Å². The van der Waals surface area contributed by atoms with Gasteiger partial charge in [-0.3, -0.25) is 0 Å². The Hall–Kier alpha value is -0.460. The van der Waals surface area contributed by atoms with Gasteiger partial charge in [-0.25, -0.2) is 13.4 Å². The molecule has 84 valence electrons. The van der Waals surface area contributed by atoms with Crippen molar-refractivity contribution in [3.63, 3.8) is 0 Å². The first kappa shape index (κ1) is 11.0. The predicted octanol–water partition coefficient (Wildman–Crippen LogP) is 0.449. The molecule has 2 heterocycles. The van der Waals surface area contributed by atoms with E-state index in [1.807, 2.05) is 5.38 Å². The fourth-order valence-corrected chi connectivity index (χ4v) is 4.99. The molecule has 4 nitrogen and oxygen atoms in total. The monoisotopic (exact) mass is 246 g/mol. The minimum absolute atomic E-state index is 0.218. The molecule has 6 heteroatoms. The molecule has 1 aliphatic heterocycles. The lowest BCUT2D eigenvalue weighted by atomic mass is 9.84. The summed E-state index contributed by atoms with van der Waals surface area (Å²) in [5.41, 5.74) is 5.45. The third-order valence-electron chi connectivity index (χ3n) is 2.91. The molecule has 0 aromatic carbocycles. The van der Waals surface area contributed by atoms with E-state index >= 15 is 0 Å². The van der Waals surface area contributed by atoms with Crippen LogP contribution in [0.5, 0.6) is 0 Å². The van der Waals surface area contributed by atoms with Crippen molar-refractivity contribution in [2.45, 2.75) is 12.8 Å². The van der Waals surface area contributed by atoms with Gasteiger partial charge in [0.2, 0.25) is 0 Å². The number of nitrogens with two attached hydrogens (primary N) is 1. The number of rotatable bonds is 3. The van der Waals surface area contributed by atoms with Gasteiger partial charge in [0.25, 0.3) is 0 Å². The minimum Gasteiger partial charge on any atom is -0.330 e. The second kappa shape index (κ2) is 3.84. The van der Waals surface area contributed by atoms with Crippen LogP contribution in [0.3, 0.4) is 0 Å². The molecular weight excluding hydrogens is 232 g/mol. The van der Waals surface area contributed by atoms with Crippen molar-refractivity contribution in [1.29, 1.82) is 0 Å². The van der Waals surface area contributed by atoms with Gasteiger partial charge in [-0.1, -0.05) is 0 Å². The van der Waals surface area contributed by atoms with Gasteiger partial charge in [0.15, 0.2) is 9.84 Å². The van der Waals surface area contributed by atoms with Crippen LogP contribution >= 0.6 is 11.3 Å². The second-order valence-electron chi connectivity index (χ2n) is 4.15. The Morgan fingerprint density at radius 2 is 2.40 bits per heavy atom. The summed E-state index contributed by atoms with van der Waals surface area (Å²) >= 11 is 1.56. The van der Waals surface area contributed by atoms with Crippen LogP contribution in [0.2, 0.25) is 0 Å². The van der Waals surface area contributed by atoms with Crippen LogP contribution in [0.25, 0.3) is 0 Å². The molecule has 0 amide bonds. The molecule has 0 radical (unpaired) electrons. The molecular formula is C9H14N2O2S2. The molecule has 0 saturated carbocycles. The SMILES string of the molecule is NCC1(Cc2nccs2)CCS(=O)(=O)C1. The molecule has 0 spiro atoms. The normalized spacial score (nSPS) is 29.4. The van der Waals surface area contributed by atoms with E-state index in [-0.39, 0.29) is 16.9 Å². The maximum Gasteiger partial charge on any atom is 0.150 e. The van der Waals surface area contributed by atoms with Gasteiger partial charge in [0.1, 0.15) is 0 Å². The van der Waals surface area contributed by atoms with Crippen molar-refractivity contribution in [2.75, 3.05) is 18.1 Å². The molecule has 1 fully saturated rings. The smallest absolute Gasteiger partial charge is 0.150 e. The highest BCUT2D eigenvalue weighted by molar-refractivity contribution is 7.91. The topological polar surface area (TPSA) is 73.0 Å². The van der Waals surface area contributed by atoms with Crippen LogP contribution in [-0.2, 0) is 16.3 Å². The van der Waals surface area contributed by atoms with Gasteiger partial charge in [-0.2, -0.15) is 0 Å². The summed E-state index contributed by atoms with van der Waals surface area (Å²) in [6.45, 7) is 0.422. The van der Waals surface area contributed by atoms with Gasteiger partial charge in [0, 0.05) is 23.4 Å². The molecule has 1 aromatic rings. The fourth-order valence-electron chi connectivity index (χ4n) is 2.02. The molecule has 1 aromatic heterocycles. The first-order valence-corrected chi connectivity index (χ1v) is 7.54. The van der Waals surface area contributed by atoms with E-state index < -0.39 is 9.84 Å². The van der Waals surface area contributed by atoms with Crippen molar-refractivity contribution < 1.29 is 8.42 Å². The molecule has 0 bridgehead atoms. The lowest BCUT2D eigenvalue weighted by molar-refractivity contribution is 0.344. The van der Waals surface area contributed by atoms with Gasteiger partial charge >= 0.3 is 0 Å². The molecule has 15 heavy (non-hydrogen) atoms. The zero-order valence-electron chi connectivity index (χ0n) is 8.35. The fraction of sp³-hybridized carbons (Fsp3) is 0.667. The van der Waals surface area contributed by atoms with E-state index in [2.05, 4.69) is 4.98 Å². The van der Waals surface area contributed by atoms with E-state index in [9.17, 15) is 8.42 Å². The van der Waals surface area contributed by atoms with Crippen LogP contribution in [0.1, 0.15) is 11.4 Å². The lowest BCUT2D eigenvalue weighted by Crippen LogP contribution is -2.34.